The Morgan fingerprint density at radius 1 is 0.833 bits per heavy atom. The number of carbonyl (C=O) groups is 2. The monoisotopic (exact) mass is 472 g/mol. The van der Waals surface area contributed by atoms with Gasteiger partial charge in [0.2, 0.25) is 17.2 Å². The number of allylic oxidation sites excluding steroid dienone is 1. The van der Waals surface area contributed by atoms with Crippen LogP contribution in [0.2, 0.25) is 0 Å². The molecule has 174 valence electrons. The summed E-state index contributed by atoms with van der Waals surface area (Å²) in [5.41, 5.74) is 0.837. The fourth-order valence-electron chi connectivity index (χ4n) is 6.37. The summed E-state index contributed by atoms with van der Waals surface area (Å²) in [5, 5.41) is 31.7. The molecule has 0 saturated heterocycles. The van der Waals surface area contributed by atoms with Crippen LogP contribution < -0.4 is 15.5 Å². The maximum Gasteiger partial charge on any atom is 0.244 e. The summed E-state index contributed by atoms with van der Waals surface area (Å²) in [4.78, 5) is 32.1. The third-order valence-corrected chi connectivity index (χ3v) is 7.57. The van der Waals surface area contributed by atoms with E-state index in [-0.39, 0.29) is 29.9 Å². The highest BCUT2D eigenvalue weighted by atomic mass is 16.2. The molecule has 2 aromatic rings. The second kappa shape index (κ2) is 7.43. The van der Waals surface area contributed by atoms with Gasteiger partial charge in [-0.15, -0.1) is 13.2 Å². The average molecular weight is 473 g/mol. The minimum atomic E-state index is -2.34. The van der Waals surface area contributed by atoms with E-state index in [2.05, 4.69) is 13.2 Å². The number of benzene rings is 2. The van der Waals surface area contributed by atoms with E-state index in [0.717, 1.165) is 0 Å². The first-order valence-electron chi connectivity index (χ1n) is 11.2. The van der Waals surface area contributed by atoms with Gasteiger partial charge in [-0.1, -0.05) is 48.6 Å². The van der Waals surface area contributed by atoms with E-state index in [1.54, 1.807) is 48.5 Å². The van der Waals surface area contributed by atoms with E-state index in [0.29, 0.717) is 16.9 Å². The zero-order valence-electron chi connectivity index (χ0n) is 19.2. The lowest BCUT2D eigenvalue weighted by Gasteiger charge is -2.43. The summed E-state index contributed by atoms with van der Waals surface area (Å²) in [5.74, 6) is -1.28. The Morgan fingerprint density at radius 2 is 1.33 bits per heavy atom. The second-order valence-electron chi connectivity index (χ2n) is 8.82. The molecule has 1 aliphatic carbocycles. The highest BCUT2D eigenvalue weighted by Gasteiger charge is 2.85. The first-order chi connectivity index (χ1) is 17.4. The van der Waals surface area contributed by atoms with Gasteiger partial charge in [-0.3, -0.25) is 9.59 Å². The van der Waals surface area contributed by atoms with E-state index in [9.17, 15) is 25.4 Å². The molecule has 0 unspecified atom stereocenters. The van der Waals surface area contributed by atoms with Gasteiger partial charge in [0.1, 0.15) is 10.8 Å². The van der Waals surface area contributed by atoms with Crippen LogP contribution in [0.15, 0.2) is 85.1 Å². The molecule has 2 spiro atoms. The number of nitrogens with two attached hydrogens (primary N) is 1. The Morgan fingerprint density at radius 3 is 1.86 bits per heavy atom. The van der Waals surface area contributed by atoms with Gasteiger partial charge in [0.15, 0.2) is 0 Å². The summed E-state index contributed by atoms with van der Waals surface area (Å²) < 4.78 is 0. The molecular formula is C28H20N6O2. The van der Waals surface area contributed by atoms with E-state index in [1.165, 1.54) is 22.0 Å². The molecule has 8 heteroatoms. The number of amides is 2. The second-order valence-corrected chi connectivity index (χ2v) is 8.82. The van der Waals surface area contributed by atoms with E-state index in [1.807, 2.05) is 18.2 Å². The predicted molar refractivity (Wildman–Crippen MR) is 132 cm³/mol. The highest BCUT2D eigenvalue weighted by Crippen LogP contribution is 2.72. The number of anilines is 2. The number of nitrogens with zero attached hydrogens (tertiary/aromatic N) is 5. The highest BCUT2D eigenvalue weighted by molar-refractivity contribution is 6.23. The minimum absolute atomic E-state index is 0.0641. The Labute approximate surface area is 208 Å². The van der Waals surface area contributed by atoms with Crippen LogP contribution >= 0.6 is 0 Å². The molecular weight excluding hydrogens is 452 g/mol. The lowest BCUT2D eigenvalue weighted by atomic mass is 9.50. The normalized spacial score (nSPS) is 24.9. The molecule has 2 aliphatic heterocycles. The number of para-hydroxylation sites is 2. The molecule has 8 nitrogen and oxygen atoms in total. The van der Waals surface area contributed by atoms with Crippen molar-refractivity contribution < 1.29 is 9.59 Å². The molecule has 0 saturated carbocycles. The summed E-state index contributed by atoms with van der Waals surface area (Å²) >= 11 is 0. The van der Waals surface area contributed by atoms with Crippen molar-refractivity contribution in [3.63, 3.8) is 0 Å². The first kappa shape index (κ1) is 22.7. The molecule has 2 heterocycles. The third kappa shape index (κ3) is 2.04. The molecule has 0 bridgehead atoms. The summed E-state index contributed by atoms with van der Waals surface area (Å²) in [6.07, 6.45) is 3.05. The quantitative estimate of drug-likeness (QED) is 0.679. The van der Waals surface area contributed by atoms with Crippen molar-refractivity contribution in [3.8, 4) is 18.2 Å². The third-order valence-electron chi connectivity index (χ3n) is 7.57. The van der Waals surface area contributed by atoms with Crippen molar-refractivity contribution in [2.75, 3.05) is 22.9 Å². The minimum Gasteiger partial charge on any atom is -0.399 e. The predicted octanol–water partition coefficient (Wildman–Crippen LogP) is 2.71. The van der Waals surface area contributed by atoms with Crippen LogP contribution in [0, 0.1) is 39.4 Å². The lowest BCUT2D eigenvalue weighted by Crippen LogP contribution is -2.64. The Hall–Kier alpha value is -5.13. The van der Waals surface area contributed by atoms with Crippen molar-refractivity contribution >= 4 is 23.2 Å². The number of nitriles is 3. The number of rotatable bonds is 4. The van der Waals surface area contributed by atoms with Gasteiger partial charge in [-0.25, -0.2) is 0 Å². The van der Waals surface area contributed by atoms with Crippen LogP contribution in [-0.2, 0) is 20.4 Å². The summed E-state index contributed by atoms with van der Waals surface area (Å²) in [6.45, 7) is 7.65. The fourth-order valence-corrected chi connectivity index (χ4v) is 6.37. The number of hydrogen-bond acceptors (Lipinski definition) is 6. The van der Waals surface area contributed by atoms with Crippen molar-refractivity contribution in [1.29, 1.82) is 15.8 Å². The molecule has 36 heavy (non-hydrogen) atoms. The van der Waals surface area contributed by atoms with Gasteiger partial charge < -0.3 is 15.5 Å². The van der Waals surface area contributed by atoms with E-state index >= 15 is 0 Å². The molecule has 2 N–H and O–H groups in total. The molecule has 0 aromatic heterocycles. The van der Waals surface area contributed by atoms with Crippen LogP contribution in [0.1, 0.15) is 11.1 Å². The average Bonchev–Trinajstić information content (AvgIpc) is 3.38. The summed E-state index contributed by atoms with van der Waals surface area (Å²) in [7, 11) is 0. The molecule has 2 atom stereocenters. The zero-order valence-corrected chi connectivity index (χ0v) is 19.2. The van der Waals surface area contributed by atoms with Crippen LogP contribution in [0.25, 0.3) is 0 Å². The van der Waals surface area contributed by atoms with Crippen LogP contribution in [0.3, 0.4) is 0 Å². The maximum absolute atomic E-state index is 14.7. The van der Waals surface area contributed by atoms with Crippen molar-refractivity contribution in [3.05, 3.63) is 96.2 Å². The van der Waals surface area contributed by atoms with Crippen LogP contribution in [0.4, 0.5) is 11.4 Å². The molecule has 3 aliphatic rings. The smallest absolute Gasteiger partial charge is 0.244 e. The van der Waals surface area contributed by atoms with Crippen molar-refractivity contribution in [2.45, 2.75) is 10.8 Å². The van der Waals surface area contributed by atoms with Crippen molar-refractivity contribution in [2.24, 2.45) is 11.1 Å². The Kier molecular flexibility index (Phi) is 4.68. The molecule has 0 fully saturated rings. The fraction of sp³-hybridized carbons (Fsp3) is 0.179. The van der Waals surface area contributed by atoms with Gasteiger partial charge in [0, 0.05) is 24.5 Å². The molecule has 2 amide bonds. The van der Waals surface area contributed by atoms with E-state index < -0.39 is 28.1 Å². The van der Waals surface area contributed by atoms with Gasteiger partial charge in [-0.2, -0.15) is 15.8 Å². The maximum atomic E-state index is 14.7. The first-order valence-corrected chi connectivity index (χ1v) is 11.2. The lowest BCUT2D eigenvalue weighted by molar-refractivity contribution is -0.134. The molecule has 0 radical (unpaired) electrons. The van der Waals surface area contributed by atoms with Gasteiger partial charge in [0.05, 0.1) is 29.5 Å². The SMILES string of the molecule is C=CCN1C(=O)[C@@]2(C(C#N)=C(N)C(C#N)(C#N)[C@]23C(=O)N(CC=C)c2ccccc23)c2ccccc21. The standard InChI is InChI=1S/C28H20N6O2/c1-3-13-33-21-11-7-5-9-18(21)27(24(33)35)20(15-29)23(32)26(16-30,17-31)28(27)19-10-6-8-12-22(19)34(14-4-2)25(28)36/h3-12H,1-2,13-14,32H2/t27-,28-/m0/s1. The Bertz CT molecular complexity index is 1540. The van der Waals surface area contributed by atoms with Crippen LogP contribution in [-0.4, -0.2) is 24.9 Å². The molecule has 2 aromatic carbocycles. The summed E-state index contributed by atoms with van der Waals surface area (Å²) in [6, 6.07) is 19.5. The van der Waals surface area contributed by atoms with Crippen LogP contribution in [0.5, 0.6) is 0 Å². The van der Waals surface area contributed by atoms with Gasteiger partial charge in [-0.05, 0) is 23.3 Å². The van der Waals surface area contributed by atoms with Crippen molar-refractivity contribution in [1.82, 2.24) is 0 Å². The van der Waals surface area contributed by atoms with Gasteiger partial charge >= 0.3 is 0 Å². The number of fused-ring (bicyclic) bond motifs is 5. The van der Waals surface area contributed by atoms with E-state index in [4.69, 9.17) is 5.73 Å². The Balaban J connectivity index is 2.07. The number of hydrogen-bond donors (Lipinski definition) is 1. The largest absolute Gasteiger partial charge is 0.399 e. The molecule has 5 rings (SSSR count). The topological polar surface area (TPSA) is 138 Å². The van der Waals surface area contributed by atoms with Gasteiger partial charge in [0.25, 0.3) is 0 Å². The number of carbonyl (C=O) groups excluding carboxylic acids is 2. The zero-order chi connectivity index (χ0) is 25.9.